The molecule has 0 aliphatic heterocycles. The zero-order valence-corrected chi connectivity index (χ0v) is 16.5. The number of phenolic OH excluding ortho intramolecular Hbond substituents is 2. The summed E-state index contributed by atoms with van der Waals surface area (Å²) < 4.78 is 0. The number of fused-ring (bicyclic) bond motifs is 1. The molecule has 150 valence electrons. The van der Waals surface area contributed by atoms with E-state index in [0.29, 0.717) is 30.5 Å². The van der Waals surface area contributed by atoms with E-state index in [1.54, 1.807) is 6.07 Å². The number of H-pyrrole nitrogens is 1. The summed E-state index contributed by atoms with van der Waals surface area (Å²) >= 11 is 0. The van der Waals surface area contributed by atoms with E-state index in [0.717, 1.165) is 22.9 Å². The summed E-state index contributed by atoms with van der Waals surface area (Å²) in [6.45, 7) is 4.03. The highest BCUT2D eigenvalue weighted by Crippen LogP contribution is 2.50. The average molecular weight is 392 g/mol. The van der Waals surface area contributed by atoms with Gasteiger partial charge in [-0.3, -0.25) is 4.79 Å². The van der Waals surface area contributed by atoms with E-state index in [1.165, 1.54) is 12.1 Å². The van der Waals surface area contributed by atoms with Gasteiger partial charge in [0.25, 0.3) is 0 Å². The molecule has 0 bridgehead atoms. The van der Waals surface area contributed by atoms with Crippen molar-refractivity contribution in [1.82, 2.24) is 4.98 Å². The van der Waals surface area contributed by atoms with Crippen LogP contribution in [0.4, 0.5) is 5.69 Å². The molecule has 1 aliphatic carbocycles. The number of phenols is 2. The minimum Gasteiger partial charge on any atom is -0.504 e. The molecule has 1 fully saturated rings. The van der Waals surface area contributed by atoms with Crippen LogP contribution in [0.15, 0.2) is 42.5 Å². The Kier molecular flexibility index (Phi) is 4.37. The van der Waals surface area contributed by atoms with Crippen LogP contribution < -0.4 is 5.32 Å². The van der Waals surface area contributed by atoms with E-state index in [4.69, 9.17) is 0 Å². The lowest BCUT2D eigenvalue weighted by atomic mass is 9.86. The number of aromatic hydroxyl groups is 2. The third kappa shape index (κ3) is 3.35. The number of anilines is 1. The minimum atomic E-state index is -0.671. The lowest BCUT2D eigenvalue weighted by Crippen LogP contribution is -2.27. The maximum atomic E-state index is 13.0. The molecule has 0 radical (unpaired) electrons. The molecule has 1 saturated carbocycles. The first kappa shape index (κ1) is 19.1. The summed E-state index contributed by atoms with van der Waals surface area (Å²) in [6, 6.07) is 12.2. The van der Waals surface area contributed by atoms with E-state index in [1.807, 2.05) is 38.1 Å². The van der Waals surface area contributed by atoms with E-state index in [9.17, 15) is 19.8 Å². The minimum absolute atomic E-state index is 0.126. The van der Waals surface area contributed by atoms with Crippen molar-refractivity contribution in [2.45, 2.75) is 43.9 Å². The fourth-order valence-corrected chi connectivity index (χ4v) is 3.74. The summed E-state index contributed by atoms with van der Waals surface area (Å²) in [4.78, 5) is 27.3. The first-order valence-electron chi connectivity index (χ1n) is 9.66. The number of aromatic amines is 1. The van der Waals surface area contributed by atoms with Crippen LogP contribution in [0.25, 0.3) is 10.9 Å². The van der Waals surface area contributed by atoms with Crippen molar-refractivity contribution in [3.8, 4) is 11.5 Å². The average Bonchev–Trinajstić information content (AvgIpc) is 3.37. The van der Waals surface area contributed by atoms with E-state index < -0.39 is 5.41 Å². The molecule has 0 atom stereocenters. The number of hydrogen-bond acceptors (Lipinski definition) is 4. The summed E-state index contributed by atoms with van der Waals surface area (Å²) in [7, 11) is 0. The molecule has 1 amide bonds. The lowest BCUT2D eigenvalue weighted by Gasteiger charge is -2.19. The number of rotatable bonds is 6. The molecule has 0 unspecified atom stereocenters. The monoisotopic (exact) mass is 392 g/mol. The fourth-order valence-electron chi connectivity index (χ4n) is 3.74. The van der Waals surface area contributed by atoms with Crippen LogP contribution in [0.3, 0.4) is 0 Å². The third-order valence-corrected chi connectivity index (χ3v) is 5.91. The number of aromatic nitrogens is 1. The lowest BCUT2D eigenvalue weighted by molar-refractivity contribution is -0.118. The fraction of sp³-hybridized carbons (Fsp3) is 0.304. The Morgan fingerprint density at radius 1 is 1.14 bits per heavy atom. The van der Waals surface area contributed by atoms with Gasteiger partial charge in [-0.15, -0.1) is 0 Å². The molecule has 6 nitrogen and oxygen atoms in total. The number of amides is 1. The molecule has 1 aromatic heterocycles. The highest BCUT2D eigenvalue weighted by Gasteiger charge is 2.51. The van der Waals surface area contributed by atoms with Gasteiger partial charge in [-0.1, -0.05) is 19.9 Å². The Morgan fingerprint density at radius 2 is 1.90 bits per heavy atom. The summed E-state index contributed by atoms with van der Waals surface area (Å²) in [5.41, 5.74) is 2.35. The van der Waals surface area contributed by atoms with Crippen molar-refractivity contribution in [3.05, 3.63) is 53.7 Å². The molecule has 4 rings (SSSR count). The van der Waals surface area contributed by atoms with Crippen molar-refractivity contribution in [2.24, 2.45) is 0 Å². The molecule has 3 aromatic rings. The predicted octanol–water partition coefficient (Wildman–Crippen LogP) is 4.12. The second-order valence-electron chi connectivity index (χ2n) is 8.48. The summed E-state index contributed by atoms with van der Waals surface area (Å²) in [5, 5.41) is 23.3. The van der Waals surface area contributed by atoms with Crippen molar-refractivity contribution >= 4 is 28.8 Å². The van der Waals surface area contributed by atoms with Crippen LogP contribution in [0.5, 0.6) is 11.5 Å². The molecule has 0 saturated heterocycles. The molecule has 29 heavy (non-hydrogen) atoms. The van der Waals surface area contributed by atoms with Gasteiger partial charge in [-0.05, 0) is 54.8 Å². The Morgan fingerprint density at radius 3 is 2.55 bits per heavy atom. The molecule has 2 aromatic carbocycles. The van der Waals surface area contributed by atoms with Gasteiger partial charge < -0.3 is 25.3 Å². The zero-order valence-electron chi connectivity index (χ0n) is 16.5. The Labute approximate surface area is 168 Å². The Bertz CT molecular complexity index is 1110. The normalized spacial score (nSPS) is 15.2. The second kappa shape index (κ2) is 6.65. The first-order valence-corrected chi connectivity index (χ1v) is 9.66. The number of carbonyl (C=O) groups excluding carboxylic acids is 2. The molecule has 6 heteroatoms. The van der Waals surface area contributed by atoms with Crippen LogP contribution in [-0.4, -0.2) is 27.4 Å². The van der Waals surface area contributed by atoms with Gasteiger partial charge in [-0.2, -0.15) is 0 Å². The maximum absolute atomic E-state index is 13.0. The Balaban J connectivity index is 1.58. The van der Waals surface area contributed by atoms with Gasteiger partial charge in [-0.25, -0.2) is 0 Å². The highest BCUT2D eigenvalue weighted by atomic mass is 16.3. The predicted molar refractivity (Wildman–Crippen MR) is 111 cm³/mol. The van der Waals surface area contributed by atoms with Crippen LogP contribution in [0.1, 0.15) is 44.4 Å². The zero-order chi connectivity index (χ0) is 20.8. The van der Waals surface area contributed by atoms with E-state index in [2.05, 4.69) is 10.3 Å². The van der Waals surface area contributed by atoms with Crippen LogP contribution in [0, 0.1) is 0 Å². The van der Waals surface area contributed by atoms with Crippen molar-refractivity contribution < 1.29 is 19.8 Å². The number of benzene rings is 2. The molecule has 1 heterocycles. The molecule has 1 aliphatic rings. The summed E-state index contributed by atoms with van der Waals surface area (Å²) in [5.74, 6) is -0.545. The highest BCUT2D eigenvalue weighted by molar-refractivity contribution is 6.02. The first-order chi connectivity index (χ1) is 13.7. The van der Waals surface area contributed by atoms with Gasteiger partial charge in [0.05, 0.1) is 5.41 Å². The van der Waals surface area contributed by atoms with Gasteiger partial charge >= 0.3 is 0 Å². The molecule has 0 spiro atoms. The third-order valence-electron chi connectivity index (χ3n) is 5.91. The van der Waals surface area contributed by atoms with Gasteiger partial charge in [0.1, 0.15) is 6.29 Å². The largest absolute Gasteiger partial charge is 0.504 e. The molecular formula is C23H24N2O4. The summed E-state index contributed by atoms with van der Waals surface area (Å²) in [6.07, 6.45) is 2.73. The smallest absolute Gasteiger partial charge is 0.235 e. The van der Waals surface area contributed by atoms with Crippen molar-refractivity contribution in [2.75, 3.05) is 5.32 Å². The maximum Gasteiger partial charge on any atom is 0.235 e. The van der Waals surface area contributed by atoms with Crippen LogP contribution in [0.2, 0.25) is 0 Å². The molecular weight excluding hydrogens is 368 g/mol. The van der Waals surface area contributed by atoms with Crippen molar-refractivity contribution in [1.29, 1.82) is 0 Å². The van der Waals surface area contributed by atoms with Gasteiger partial charge in [0.15, 0.2) is 11.5 Å². The number of hydrogen-bond donors (Lipinski definition) is 4. The van der Waals surface area contributed by atoms with Crippen LogP contribution >= 0.6 is 0 Å². The van der Waals surface area contributed by atoms with Crippen molar-refractivity contribution in [3.63, 3.8) is 0 Å². The number of carbonyl (C=O) groups is 2. The van der Waals surface area contributed by atoms with E-state index >= 15 is 0 Å². The Hall–Kier alpha value is -3.28. The van der Waals surface area contributed by atoms with Crippen LogP contribution in [-0.2, 0) is 20.4 Å². The van der Waals surface area contributed by atoms with E-state index in [-0.39, 0.29) is 22.8 Å². The SMILES string of the molecule is CC(C)(CC=O)c1cc2cc(NC(=O)C3(c4ccc(O)c(O)c4)CC3)ccc2[nH]1. The quantitative estimate of drug-likeness (QED) is 0.374. The second-order valence-corrected chi connectivity index (χ2v) is 8.48. The number of nitrogens with one attached hydrogen (secondary N) is 2. The molecule has 4 N–H and O–H groups in total. The number of aldehydes is 1. The van der Waals surface area contributed by atoms with Gasteiger partial charge in [0, 0.05) is 34.1 Å². The standard InChI is InChI=1S/C23H24N2O4/c1-22(2,9-10-26)20-12-14-11-16(4-5-17(14)25-20)24-21(29)23(7-8-23)15-3-6-18(27)19(28)13-15/h3-6,10-13,25,27-28H,7-9H2,1-2H3,(H,24,29). The topological polar surface area (TPSA) is 102 Å². The van der Waals surface area contributed by atoms with Gasteiger partial charge in [0.2, 0.25) is 5.91 Å².